The third kappa shape index (κ3) is 5.48. The normalized spacial score (nSPS) is 14.2. The van der Waals surface area contributed by atoms with Crippen LogP contribution in [0, 0.1) is 18.2 Å². The Morgan fingerprint density at radius 1 is 0.975 bits per heavy atom. The maximum absolute atomic E-state index is 14.0. The molecular weight excluding hydrogens is 528 g/mol. The van der Waals surface area contributed by atoms with Crippen LogP contribution in [0.3, 0.4) is 0 Å². The van der Waals surface area contributed by atoms with Gasteiger partial charge in [-0.15, -0.1) is 6.42 Å². The van der Waals surface area contributed by atoms with E-state index in [1.54, 1.807) is 18.3 Å². The number of terminal acetylenes is 1. The molecule has 40 heavy (non-hydrogen) atoms. The minimum atomic E-state index is -3.79. The smallest absolute Gasteiger partial charge is 0.342 e. The molecule has 2 N–H and O–H groups in total. The van der Waals surface area contributed by atoms with Gasteiger partial charge in [-0.1, -0.05) is 80.4 Å². The number of esters is 1. The zero-order valence-corrected chi connectivity index (χ0v) is 23.3. The molecular formula is C32H29FNO5P. The van der Waals surface area contributed by atoms with Crippen LogP contribution in [0.5, 0.6) is 5.75 Å². The van der Waals surface area contributed by atoms with Crippen LogP contribution in [-0.2, 0) is 9.36 Å². The topological polar surface area (TPSA) is 96.7 Å². The van der Waals surface area contributed by atoms with Crippen LogP contribution in [0.1, 0.15) is 32.4 Å². The molecule has 0 aliphatic carbocycles. The van der Waals surface area contributed by atoms with E-state index in [2.05, 4.69) is 4.98 Å². The lowest BCUT2D eigenvalue weighted by Crippen LogP contribution is -2.46. The number of nitrogens with zero attached hydrogens (tertiary/aromatic N) is 1. The number of hydrogen-bond donors (Lipinski definition) is 2. The van der Waals surface area contributed by atoms with Gasteiger partial charge in [0, 0.05) is 17.3 Å². The van der Waals surface area contributed by atoms with Crippen molar-refractivity contribution >= 4 is 14.0 Å². The van der Waals surface area contributed by atoms with E-state index in [0.29, 0.717) is 22.4 Å². The molecule has 0 aliphatic heterocycles. The van der Waals surface area contributed by atoms with Gasteiger partial charge in [0.15, 0.2) is 5.75 Å². The van der Waals surface area contributed by atoms with Crippen molar-refractivity contribution in [3.05, 3.63) is 96.6 Å². The predicted molar refractivity (Wildman–Crippen MR) is 155 cm³/mol. The highest BCUT2D eigenvalue weighted by atomic mass is 31.1. The molecule has 8 heteroatoms. The number of aromatic nitrogens is 1. The zero-order chi connectivity index (χ0) is 29.0. The number of carbonyl (C=O) groups is 1. The van der Waals surface area contributed by atoms with E-state index in [1.807, 2.05) is 74.4 Å². The van der Waals surface area contributed by atoms with Crippen LogP contribution in [0.4, 0.5) is 4.39 Å². The largest absolute Gasteiger partial charge is 0.422 e. The molecule has 4 aromatic rings. The second-order valence-electron chi connectivity index (χ2n) is 9.69. The first kappa shape index (κ1) is 28.9. The molecule has 0 radical (unpaired) electrons. The molecule has 1 aromatic heterocycles. The number of carbonyl (C=O) groups excluding carboxylic acids is 1. The van der Waals surface area contributed by atoms with Gasteiger partial charge in [-0.25, -0.2) is 9.18 Å². The van der Waals surface area contributed by atoms with Gasteiger partial charge in [-0.3, -0.25) is 9.55 Å². The van der Waals surface area contributed by atoms with Crippen LogP contribution >= 0.6 is 8.03 Å². The summed E-state index contributed by atoms with van der Waals surface area (Å²) in [6.07, 6.45) is 5.51. The molecule has 0 saturated heterocycles. The Bertz CT molecular complexity index is 1600. The van der Waals surface area contributed by atoms with Crippen LogP contribution in [0.25, 0.3) is 33.4 Å². The number of benzene rings is 3. The van der Waals surface area contributed by atoms with Gasteiger partial charge < -0.3 is 14.7 Å². The van der Waals surface area contributed by atoms with Crippen molar-refractivity contribution < 1.29 is 28.5 Å². The molecule has 0 bridgehead atoms. The molecule has 0 spiro atoms. The first-order valence-corrected chi connectivity index (χ1v) is 14.0. The molecule has 6 nitrogen and oxygen atoms in total. The quantitative estimate of drug-likeness (QED) is 0.146. The maximum atomic E-state index is 14.0. The predicted octanol–water partition coefficient (Wildman–Crippen LogP) is 6.47. The van der Waals surface area contributed by atoms with Gasteiger partial charge in [0.1, 0.15) is 5.82 Å². The second kappa shape index (κ2) is 12.0. The Morgan fingerprint density at radius 2 is 1.60 bits per heavy atom. The molecule has 204 valence electrons. The summed E-state index contributed by atoms with van der Waals surface area (Å²) in [6.45, 7) is 4.86. The number of rotatable bonds is 8. The fraction of sp³-hybridized carbons (Fsp3) is 0.188. The highest BCUT2D eigenvalue weighted by molar-refractivity contribution is 7.42. The first-order valence-electron chi connectivity index (χ1n) is 12.7. The van der Waals surface area contributed by atoms with Crippen LogP contribution in [-0.4, -0.2) is 32.2 Å². The van der Waals surface area contributed by atoms with Gasteiger partial charge in [-0.05, 0) is 53.3 Å². The van der Waals surface area contributed by atoms with Gasteiger partial charge in [0.2, 0.25) is 13.2 Å². The van der Waals surface area contributed by atoms with Crippen molar-refractivity contribution in [2.75, 3.05) is 0 Å². The Balaban J connectivity index is 2.01. The lowest BCUT2D eigenvalue weighted by molar-refractivity contribution is -0.138. The van der Waals surface area contributed by atoms with Crippen molar-refractivity contribution in [1.82, 2.24) is 4.98 Å². The fourth-order valence-corrected chi connectivity index (χ4v) is 5.20. The summed E-state index contributed by atoms with van der Waals surface area (Å²) in [6, 6.07) is 23.2. The summed E-state index contributed by atoms with van der Waals surface area (Å²) < 4.78 is 32.1. The SMILES string of the molecule is C#CC(C(=O)Oc1c(C(C)C)ncc(-c2cccc(-c3ccccc3)c2)c1-c1ccc(F)cc1)(C(C)O)[PH](=O)O. The van der Waals surface area contributed by atoms with Gasteiger partial charge in [0.25, 0.3) is 0 Å². The monoisotopic (exact) mass is 557 g/mol. The fourth-order valence-electron chi connectivity index (χ4n) is 4.49. The number of aliphatic hydroxyl groups excluding tert-OH is 1. The Hall–Kier alpha value is -4.08. The third-order valence-electron chi connectivity index (χ3n) is 6.73. The molecule has 0 saturated carbocycles. The zero-order valence-electron chi connectivity index (χ0n) is 22.3. The standard InChI is InChI=1S/C32H29FNO5P/c1-5-32(21(4)35,40(37)38)31(36)39-30-28(23-14-16-26(33)17-15-23)27(19-34-29(30)20(2)3)25-13-9-12-24(18-25)22-10-7-6-8-11-22/h1,6-21,35,40H,2-4H3,(H,37,38). The van der Waals surface area contributed by atoms with Crippen molar-refractivity contribution in [3.8, 4) is 51.5 Å². The molecule has 1 heterocycles. The van der Waals surface area contributed by atoms with Gasteiger partial charge in [-0.2, -0.15) is 0 Å². The van der Waals surface area contributed by atoms with E-state index in [-0.39, 0.29) is 11.7 Å². The van der Waals surface area contributed by atoms with E-state index in [1.165, 1.54) is 12.1 Å². The minimum absolute atomic E-state index is 0.0118. The molecule has 3 unspecified atom stereocenters. The number of ether oxygens (including phenoxy) is 1. The van der Waals surface area contributed by atoms with Crippen molar-refractivity contribution in [2.45, 2.75) is 37.9 Å². The maximum Gasteiger partial charge on any atom is 0.342 e. The molecule has 4 rings (SSSR count). The van der Waals surface area contributed by atoms with E-state index < -0.39 is 31.1 Å². The number of aliphatic hydroxyl groups is 1. The summed E-state index contributed by atoms with van der Waals surface area (Å²) in [4.78, 5) is 28.1. The molecule has 0 amide bonds. The highest BCUT2D eigenvalue weighted by Crippen LogP contribution is 2.46. The number of hydrogen-bond acceptors (Lipinski definition) is 5. The van der Waals surface area contributed by atoms with E-state index in [9.17, 15) is 23.7 Å². The molecule has 3 aromatic carbocycles. The van der Waals surface area contributed by atoms with E-state index >= 15 is 0 Å². The summed E-state index contributed by atoms with van der Waals surface area (Å²) >= 11 is 0. The summed E-state index contributed by atoms with van der Waals surface area (Å²) in [7, 11) is -3.79. The second-order valence-corrected chi connectivity index (χ2v) is 11.1. The average Bonchev–Trinajstić information content (AvgIpc) is 2.94. The molecule has 0 fully saturated rings. The van der Waals surface area contributed by atoms with E-state index in [0.717, 1.165) is 23.6 Å². The highest BCUT2D eigenvalue weighted by Gasteiger charge is 2.49. The lowest BCUT2D eigenvalue weighted by atomic mass is 9.91. The van der Waals surface area contributed by atoms with Gasteiger partial charge in [0.05, 0.1) is 11.8 Å². The lowest BCUT2D eigenvalue weighted by Gasteiger charge is -2.27. The van der Waals surface area contributed by atoms with Gasteiger partial charge >= 0.3 is 5.97 Å². The van der Waals surface area contributed by atoms with Crippen LogP contribution < -0.4 is 4.74 Å². The summed E-state index contributed by atoms with van der Waals surface area (Å²) in [5.74, 6) is 0.0734. The average molecular weight is 558 g/mol. The Kier molecular flexibility index (Phi) is 8.66. The first-order chi connectivity index (χ1) is 19.1. The Morgan fingerprint density at radius 3 is 2.17 bits per heavy atom. The van der Waals surface area contributed by atoms with Crippen LogP contribution in [0.2, 0.25) is 0 Å². The van der Waals surface area contributed by atoms with E-state index in [4.69, 9.17) is 11.2 Å². The minimum Gasteiger partial charge on any atom is -0.422 e. The van der Waals surface area contributed by atoms with Crippen molar-refractivity contribution in [3.63, 3.8) is 0 Å². The van der Waals surface area contributed by atoms with Crippen molar-refractivity contribution in [2.24, 2.45) is 0 Å². The van der Waals surface area contributed by atoms with Crippen LogP contribution in [0.15, 0.2) is 85.1 Å². The molecule has 0 aliphatic rings. The molecule has 3 atom stereocenters. The summed E-state index contributed by atoms with van der Waals surface area (Å²) in [5, 5.41) is 7.84. The summed E-state index contributed by atoms with van der Waals surface area (Å²) in [5.41, 5.74) is 4.58. The Labute approximate surface area is 233 Å². The number of pyridine rings is 1. The van der Waals surface area contributed by atoms with Crippen molar-refractivity contribution in [1.29, 1.82) is 0 Å². The number of halogens is 1. The third-order valence-corrected chi connectivity index (χ3v) is 8.17.